The van der Waals surface area contributed by atoms with Crippen molar-refractivity contribution in [2.24, 2.45) is 0 Å². The molecule has 1 aromatic rings. The summed E-state index contributed by atoms with van der Waals surface area (Å²) in [4.78, 5) is 14.1. The molecule has 1 amide bonds. The Kier molecular flexibility index (Phi) is 7.97. The van der Waals surface area contributed by atoms with Crippen molar-refractivity contribution in [3.05, 3.63) is 29.8 Å². The van der Waals surface area contributed by atoms with E-state index in [1.807, 2.05) is 52.2 Å². The summed E-state index contributed by atoms with van der Waals surface area (Å²) in [7, 11) is 4.03. The maximum Gasteiger partial charge on any atom is 0.241 e. The lowest BCUT2D eigenvalue weighted by molar-refractivity contribution is -0.117. The van der Waals surface area contributed by atoms with E-state index >= 15 is 0 Å². The zero-order valence-electron chi connectivity index (χ0n) is 13.5. The van der Waals surface area contributed by atoms with E-state index in [1.54, 1.807) is 0 Å². The number of rotatable bonds is 9. The van der Waals surface area contributed by atoms with Gasteiger partial charge in [0.1, 0.15) is 0 Å². The van der Waals surface area contributed by atoms with Crippen LogP contribution in [0, 0.1) is 6.92 Å². The first-order valence-electron chi connectivity index (χ1n) is 7.32. The molecule has 5 heteroatoms. The average Bonchev–Trinajstić information content (AvgIpc) is 2.44. The summed E-state index contributed by atoms with van der Waals surface area (Å²) >= 11 is 0. The van der Waals surface area contributed by atoms with Crippen molar-refractivity contribution in [2.45, 2.75) is 19.9 Å². The first-order valence-corrected chi connectivity index (χ1v) is 7.32. The van der Waals surface area contributed by atoms with E-state index in [4.69, 9.17) is 4.74 Å². The first-order chi connectivity index (χ1) is 9.99. The Bertz CT molecular complexity index is 418. The summed E-state index contributed by atoms with van der Waals surface area (Å²) in [6.07, 6.45) is 0. The third kappa shape index (κ3) is 7.80. The van der Waals surface area contributed by atoms with Gasteiger partial charge in [0.05, 0.1) is 19.3 Å². The van der Waals surface area contributed by atoms with Gasteiger partial charge in [0.25, 0.3) is 0 Å². The Morgan fingerprint density at radius 3 is 2.52 bits per heavy atom. The van der Waals surface area contributed by atoms with Gasteiger partial charge >= 0.3 is 0 Å². The van der Waals surface area contributed by atoms with Crippen molar-refractivity contribution in [1.82, 2.24) is 10.2 Å². The van der Waals surface area contributed by atoms with Gasteiger partial charge < -0.3 is 20.3 Å². The smallest absolute Gasteiger partial charge is 0.241 e. The van der Waals surface area contributed by atoms with Crippen LogP contribution in [0.15, 0.2) is 24.3 Å². The van der Waals surface area contributed by atoms with Crippen LogP contribution in [0.4, 0.5) is 5.69 Å². The highest BCUT2D eigenvalue weighted by molar-refractivity contribution is 5.94. The molecule has 1 unspecified atom stereocenters. The molecular weight excluding hydrogens is 266 g/mol. The molecule has 0 spiro atoms. The third-order valence-corrected chi connectivity index (χ3v) is 3.09. The normalized spacial score (nSPS) is 12.4. The molecule has 2 N–H and O–H groups in total. The van der Waals surface area contributed by atoms with E-state index in [1.165, 1.54) is 5.56 Å². The van der Waals surface area contributed by atoms with Crippen molar-refractivity contribution in [3.8, 4) is 0 Å². The minimum absolute atomic E-state index is 0.0351. The molecule has 0 bridgehead atoms. The van der Waals surface area contributed by atoms with Crippen LogP contribution < -0.4 is 10.6 Å². The van der Waals surface area contributed by atoms with Crippen LogP contribution in [0.2, 0.25) is 0 Å². The Morgan fingerprint density at radius 1 is 1.24 bits per heavy atom. The number of ether oxygens (including phenoxy) is 1. The van der Waals surface area contributed by atoms with Gasteiger partial charge in [0.2, 0.25) is 5.91 Å². The van der Waals surface area contributed by atoms with E-state index in [0.29, 0.717) is 19.8 Å². The molecule has 118 valence electrons. The van der Waals surface area contributed by atoms with Gasteiger partial charge in [-0.1, -0.05) is 17.7 Å². The van der Waals surface area contributed by atoms with Gasteiger partial charge in [-0.15, -0.1) is 0 Å². The Labute approximate surface area is 127 Å². The lowest BCUT2D eigenvalue weighted by Crippen LogP contribution is -2.39. The van der Waals surface area contributed by atoms with E-state index in [2.05, 4.69) is 15.5 Å². The molecule has 5 nitrogen and oxygen atoms in total. The minimum atomic E-state index is -0.247. The molecule has 0 fully saturated rings. The van der Waals surface area contributed by atoms with Gasteiger partial charge in [0.15, 0.2) is 0 Å². The summed E-state index contributed by atoms with van der Waals surface area (Å²) in [6.45, 7) is 6.75. The monoisotopic (exact) mass is 293 g/mol. The Balaban J connectivity index is 2.18. The molecule has 0 saturated heterocycles. The summed E-state index contributed by atoms with van der Waals surface area (Å²) in [5.74, 6) is -0.0351. The van der Waals surface area contributed by atoms with Crippen LogP contribution in [-0.4, -0.2) is 57.2 Å². The van der Waals surface area contributed by atoms with Gasteiger partial charge in [-0.25, -0.2) is 0 Å². The summed E-state index contributed by atoms with van der Waals surface area (Å²) in [6, 6.07) is 7.52. The highest BCUT2D eigenvalue weighted by Gasteiger charge is 2.11. The maximum atomic E-state index is 12.0. The van der Waals surface area contributed by atoms with Gasteiger partial charge in [-0.3, -0.25) is 4.79 Å². The molecule has 0 saturated carbocycles. The number of amides is 1. The van der Waals surface area contributed by atoms with Crippen molar-refractivity contribution < 1.29 is 9.53 Å². The number of hydrogen-bond acceptors (Lipinski definition) is 4. The number of nitrogens with zero attached hydrogens (tertiary/aromatic N) is 1. The lowest BCUT2D eigenvalue weighted by Gasteiger charge is -2.15. The predicted molar refractivity (Wildman–Crippen MR) is 86.6 cm³/mol. The topological polar surface area (TPSA) is 53.6 Å². The lowest BCUT2D eigenvalue weighted by atomic mass is 10.2. The highest BCUT2D eigenvalue weighted by atomic mass is 16.5. The molecule has 0 aliphatic rings. The predicted octanol–water partition coefficient (Wildman–Crippen LogP) is 1.49. The molecule has 0 aliphatic heterocycles. The largest absolute Gasteiger partial charge is 0.379 e. The van der Waals surface area contributed by atoms with Crippen LogP contribution >= 0.6 is 0 Å². The fraction of sp³-hybridized carbons (Fsp3) is 0.562. The van der Waals surface area contributed by atoms with Crippen molar-refractivity contribution in [3.63, 3.8) is 0 Å². The van der Waals surface area contributed by atoms with E-state index in [0.717, 1.165) is 12.2 Å². The molecular formula is C16H27N3O2. The quantitative estimate of drug-likeness (QED) is 0.677. The third-order valence-electron chi connectivity index (χ3n) is 3.09. The molecule has 0 radical (unpaired) electrons. The molecule has 1 atom stereocenters. The van der Waals surface area contributed by atoms with Crippen molar-refractivity contribution in [2.75, 3.05) is 45.7 Å². The fourth-order valence-electron chi connectivity index (χ4n) is 1.68. The minimum Gasteiger partial charge on any atom is -0.379 e. The average molecular weight is 293 g/mol. The van der Waals surface area contributed by atoms with Crippen molar-refractivity contribution >= 4 is 11.6 Å². The molecule has 0 aromatic heterocycles. The second kappa shape index (κ2) is 9.50. The molecule has 0 heterocycles. The number of anilines is 1. The van der Waals surface area contributed by atoms with Crippen LogP contribution in [0.3, 0.4) is 0 Å². The number of likely N-dealkylation sites (N-methyl/N-ethyl adjacent to an activating group) is 1. The van der Waals surface area contributed by atoms with Gasteiger partial charge in [0, 0.05) is 18.8 Å². The fourth-order valence-corrected chi connectivity index (χ4v) is 1.68. The van der Waals surface area contributed by atoms with Crippen LogP contribution in [0.25, 0.3) is 0 Å². The number of benzene rings is 1. The second-order valence-electron chi connectivity index (χ2n) is 5.45. The van der Waals surface area contributed by atoms with Crippen molar-refractivity contribution in [1.29, 1.82) is 0 Å². The Hall–Kier alpha value is -1.43. The summed E-state index contributed by atoms with van der Waals surface area (Å²) in [5, 5.41) is 6.04. The molecule has 0 aliphatic carbocycles. The summed E-state index contributed by atoms with van der Waals surface area (Å²) < 4.78 is 5.47. The van der Waals surface area contributed by atoms with Crippen LogP contribution in [0.5, 0.6) is 0 Å². The Morgan fingerprint density at radius 2 is 1.90 bits per heavy atom. The number of carbonyl (C=O) groups is 1. The molecule has 21 heavy (non-hydrogen) atoms. The number of aryl methyl sites for hydroxylation is 1. The van der Waals surface area contributed by atoms with Crippen LogP contribution in [-0.2, 0) is 9.53 Å². The highest BCUT2D eigenvalue weighted by Crippen LogP contribution is 2.08. The summed E-state index contributed by atoms with van der Waals surface area (Å²) in [5.41, 5.74) is 2.00. The van der Waals surface area contributed by atoms with E-state index in [9.17, 15) is 4.79 Å². The molecule has 1 aromatic carbocycles. The van der Waals surface area contributed by atoms with E-state index < -0.39 is 0 Å². The van der Waals surface area contributed by atoms with Gasteiger partial charge in [-0.2, -0.15) is 0 Å². The SMILES string of the molecule is Cc1ccc(NC(=O)C(C)NCCOCCN(C)C)cc1. The van der Waals surface area contributed by atoms with Crippen LogP contribution in [0.1, 0.15) is 12.5 Å². The second-order valence-corrected chi connectivity index (χ2v) is 5.45. The zero-order valence-corrected chi connectivity index (χ0v) is 13.5. The van der Waals surface area contributed by atoms with E-state index in [-0.39, 0.29) is 11.9 Å². The number of nitrogens with one attached hydrogen (secondary N) is 2. The first kappa shape index (κ1) is 17.6. The number of carbonyl (C=O) groups excluding carboxylic acids is 1. The number of hydrogen-bond donors (Lipinski definition) is 2. The van der Waals surface area contributed by atoms with Gasteiger partial charge in [-0.05, 0) is 40.1 Å². The molecule has 1 rings (SSSR count). The zero-order chi connectivity index (χ0) is 15.7. The maximum absolute atomic E-state index is 12.0. The standard InChI is InChI=1S/C16H27N3O2/c1-13-5-7-15(8-6-13)18-16(20)14(2)17-9-11-21-12-10-19(3)4/h5-8,14,17H,9-12H2,1-4H3,(H,18,20).